The summed E-state index contributed by atoms with van der Waals surface area (Å²) in [4.78, 5) is 9.44. The molecule has 0 aromatic carbocycles. The zero-order valence-electron chi connectivity index (χ0n) is 22.9. The first kappa shape index (κ1) is 54.3. The van der Waals surface area contributed by atoms with Crippen molar-refractivity contribution in [3.8, 4) is 0 Å². The highest BCUT2D eigenvalue weighted by molar-refractivity contribution is 7.97. The molecule has 0 fully saturated rings. The van der Waals surface area contributed by atoms with Gasteiger partial charge in [-0.1, -0.05) is 20.3 Å². The van der Waals surface area contributed by atoms with Gasteiger partial charge in [0.15, 0.2) is 5.41 Å². The Morgan fingerprint density at radius 1 is 0.824 bits per heavy atom. The van der Waals surface area contributed by atoms with Crippen molar-refractivity contribution in [1.82, 2.24) is 0 Å². The van der Waals surface area contributed by atoms with E-state index in [0.717, 1.165) is 12.5 Å². The van der Waals surface area contributed by atoms with E-state index in [2.05, 4.69) is 18.6 Å². The molecule has 14 heteroatoms. The summed E-state index contributed by atoms with van der Waals surface area (Å²) in [6.45, 7) is 8.72. The highest BCUT2D eigenvalue weighted by Crippen LogP contribution is 2.49. The molecule has 0 unspecified atom stereocenters. The molecule has 0 atom stereocenters. The minimum Gasteiger partial charge on any atom is -0.388 e. The van der Waals surface area contributed by atoms with Gasteiger partial charge in [-0.05, 0) is 47.1 Å². The lowest BCUT2D eigenvalue weighted by atomic mass is 9.92. The van der Waals surface area contributed by atoms with Gasteiger partial charge in [-0.25, -0.2) is 8.42 Å². The quantitative estimate of drug-likeness (QED) is 0.283. The summed E-state index contributed by atoms with van der Waals surface area (Å²) >= 11 is 1.75. The second-order valence-corrected chi connectivity index (χ2v) is 9.56. The third-order valence-electron chi connectivity index (χ3n) is 1.42. The third kappa shape index (κ3) is 95.9. The smallest absolute Gasteiger partial charge is 0.388 e. The van der Waals surface area contributed by atoms with E-state index in [9.17, 15) is 48.3 Å². The van der Waals surface area contributed by atoms with E-state index in [4.69, 9.17) is 0 Å². The first-order chi connectivity index (χ1) is 14.9. The molecule has 0 aromatic rings. The molecule has 0 saturated carbocycles. The number of thioether (sulfide) groups is 1. The van der Waals surface area contributed by atoms with Crippen molar-refractivity contribution in [3.63, 3.8) is 0 Å². The number of hydrogen-bond acceptors (Lipinski definition) is 5. The Labute approximate surface area is 206 Å². The van der Waals surface area contributed by atoms with Crippen LogP contribution in [0, 0.1) is 5.41 Å². The van der Waals surface area contributed by atoms with Crippen molar-refractivity contribution in [3.05, 3.63) is 0 Å². The maximum atomic E-state index is 11.6. The minimum atomic E-state index is -5.24. The molecule has 0 spiro atoms. The first-order valence-electron chi connectivity index (χ1n) is 9.39. The number of rotatable bonds is 0. The second-order valence-electron chi connectivity index (χ2n) is 6.46. The van der Waals surface area contributed by atoms with Crippen LogP contribution in [0.1, 0.15) is 54.9 Å². The number of hydrogen-bond donors (Lipinski definition) is 0. The summed E-state index contributed by atoms with van der Waals surface area (Å²) in [5, 5.41) is 0. The lowest BCUT2D eigenvalue weighted by molar-refractivity contribution is -0.327. The van der Waals surface area contributed by atoms with Crippen LogP contribution in [0.25, 0.3) is 0 Å². The number of carbonyl (C=O) groups excluding carboxylic acids is 1. The van der Waals surface area contributed by atoms with Crippen LogP contribution < -0.4 is 0 Å². The van der Waals surface area contributed by atoms with Gasteiger partial charge in [0.05, 0.1) is 13.9 Å². The van der Waals surface area contributed by atoms with Gasteiger partial charge < -0.3 is 9.53 Å². The Kier molecular flexibility index (Phi) is 55.2. The van der Waals surface area contributed by atoms with E-state index < -0.39 is 27.6 Å². The summed E-state index contributed by atoms with van der Waals surface area (Å²) in [6, 6.07) is 0. The Morgan fingerprint density at radius 2 is 0.882 bits per heavy atom. The van der Waals surface area contributed by atoms with Crippen molar-refractivity contribution < 1.29 is 53.1 Å². The summed E-state index contributed by atoms with van der Waals surface area (Å²) in [6.07, 6.45) is -2.84. The fraction of sp³-hybridized carbons (Fsp3) is 0.950. The van der Waals surface area contributed by atoms with E-state index in [1.54, 1.807) is 26.0 Å². The molecule has 0 aromatic heterocycles. The molecular formula is C20H46F8O4S2. The summed E-state index contributed by atoms with van der Waals surface area (Å²) in [5.41, 5.74) is -3.62. The van der Waals surface area contributed by atoms with Crippen molar-refractivity contribution in [2.75, 3.05) is 53.1 Å². The van der Waals surface area contributed by atoms with Gasteiger partial charge in [0, 0.05) is 26.7 Å². The number of ketones is 1. The highest BCUT2D eigenvalue weighted by atomic mass is 32.2. The highest BCUT2D eigenvalue weighted by Gasteiger charge is 2.64. The molecule has 218 valence electrons. The third-order valence-corrected chi connectivity index (χ3v) is 1.42. The molecule has 0 amide bonds. The monoisotopic (exact) mass is 566 g/mol. The second kappa shape index (κ2) is 34.5. The molecule has 0 aliphatic carbocycles. The van der Waals surface area contributed by atoms with Crippen LogP contribution in [0.15, 0.2) is 0 Å². The molecule has 0 N–H and O–H groups in total. The van der Waals surface area contributed by atoms with Crippen LogP contribution in [0.4, 0.5) is 35.1 Å². The van der Waals surface area contributed by atoms with Gasteiger partial charge in [0.25, 0.3) is 0 Å². The van der Waals surface area contributed by atoms with Gasteiger partial charge in [-0.2, -0.15) is 38.1 Å². The molecule has 0 heterocycles. The predicted molar refractivity (Wildman–Crippen MR) is 130 cm³/mol. The number of halogens is 8. The molecule has 34 heavy (non-hydrogen) atoms. The SMILES string of the molecule is CC(C)(C(F)(F)F)C(F)(F)F.CC(C)=O.CCC.CCF.CF.COC.CS(C)(=O)=O.CSC. The van der Waals surface area contributed by atoms with Crippen LogP contribution in [-0.4, -0.2) is 79.6 Å². The van der Waals surface area contributed by atoms with Crippen LogP contribution in [-0.2, 0) is 19.4 Å². The first-order valence-corrected chi connectivity index (χ1v) is 13.3. The summed E-state index contributed by atoms with van der Waals surface area (Å²) < 4.78 is 113. The zero-order chi connectivity index (χ0) is 30.4. The van der Waals surface area contributed by atoms with Gasteiger partial charge in [-0.3, -0.25) is 8.78 Å². The van der Waals surface area contributed by atoms with Gasteiger partial charge >= 0.3 is 12.4 Å². The van der Waals surface area contributed by atoms with E-state index in [0.29, 0.717) is 7.18 Å². The van der Waals surface area contributed by atoms with E-state index in [1.807, 2.05) is 12.5 Å². The molecule has 0 saturated heterocycles. The van der Waals surface area contributed by atoms with E-state index in [-0.39, 0.29) is 26.3 Å². The number of alkyl halides is 8. The topological polar surface area (TPSA) is 60.4 Å². The molecule has 0 bridgehead atoms. The lowest BCUT2D eigenvalue weighted by Gasteiger charge is -2.29. The zero-order valence-corrected chi connectivity index (χ0v) is 24.5. The van der Waals surface area contributed by atoms with Crippen LogP contribution in [0.2, 0.25) is 0 Å². The van der Waals surface area contributed by atoms with Crippen molar-refractivity contribution in [2.24, 2.45) is 5.41 Å². The van der Waals surface area contributed by atoms with Crippen LogP contribution in [0.3, 0.4) is 0 Å². The van der Waals surface area contributed by atoms with E-state index >= 15 is 0 Å². The number of sulfone groups is 1. The van der Waals surface area contributed by atoms with Crippen LogP contribution >= 0.6 is 11.8 Å². The number of ether oxygens (including phenoxy) is 1. The minimum absolute atomic E-state index is 0.104. The van der Waals surface area contributed by atoms with Gasteiger partial charge in [-0.15, -0.1) is 0 Å². The van der Waals surface area contributed by atoms with Gasteiger partial charge in [0.2, 0.25) is 0 Å². The Morgan fingerprint density at radius 3 is 0.882 bits per heavy atom. The van der Waals surface area contributed by atoms with Crippen molar-refractivity contribution in [1.29, 1.82) is 0 Å². The maximum Gasteiger partial charge on any atom is 0.402 e. The lowest BCUT2D eigenvalue weighted by Crippen LogP contribution is -2.44. The van der Waals surface area contributed by atoms with E-state index in [1.165, 1.54) is 27.2 Å². The molecule has 4 nitrogen and oxygen atoms in total. The molecule has 0 aliphatic heterocycles. The summed E-state index contributed by atoms with van der Waals surface area (Å²) in [7, 11) is 1.08. The molecular weight excluding hydrogens is 520 g/mol. The predicted octanol–water partition coefficient (Wildman–Crippen LogP) is 7.61. The Balaban J connectivity index is -0.0000000417. The van der Waals surface area contributed by atoms with Gasteiger partial charge in [0.1, 0.15) is 15.6 Å². The van der Waals surface area contributed by atoms with Crippen molar-refractivity contribution >= 4 is 27.4 Å². The van der Waals surface area contributed by atoms with Crippen LogP contribution in [0.5, 0.6) is 0 Å². The Hall–Kier alpha value is -0.630. The largest absolute Gasteiger partial charge is 0.402 e. The molecule has 0 aliphatic rings. The van der Waals surface area contributed by atoms with Crippen molar-refractivity contribution in [2.45, 2.75) is 67.2 Å². The molecule has 0 radical (unpaired) electrons. The average Bonchev–Trinajstić information content (AvgIpc) is 2.55. The number of methoxy groups -OCH3 is 1. The summed E-state index contributed by atoms with van der Waals surface area (Å²) in [5.74, 6) is 0.167. The fourth-order valence-corrected chi connectivity index (χ4v) is 0.161. The number of carbonyl (C=O) groups is 1. The average molecular weight is 567 g/mol. The standard InChI is InChI=1S/C5H6F6.C3H6O.C3H8.C2H5F.C2H6O2S.C2H6O.C2H6S.CH3F/c1-3(2,4(6,7)8)5(9,10)11;1-3(2)4;1-3-2;1-2-3;1-5(2,3)4;2*1-3-2;1-2/h1-2H3;1-2H3;3H2,1-2H3;2H2,1H3;1-2H3;2*1-2H3;1H3. The number of Topliss-reactive ketones (excluding diaryl/α,β-unsaturated/α-hetero) is 1. The Bertz CT molecular complexity index is 430. The fourth-order valence-electron chi connectivity index (χ4n) is 0.161. The normalized spacial score (nSPS) is 9.71. The molecule has 0 rings (SSSR count). The maximum absolute atomic E-state index is 11.6.